The molecule has 146 heavy (non-hydrogen) atoms. The molecule has 1 radical (unpaired) electrons. The summed E-state index contributed by atoms with van der Waals surface area (Å²) < 4.78 is 55.2. The largest absolute Gasteiger partial charge is 0.569 e. The summed E-state index contributed by atoms with van der Waals surface area (Å²) in [5, 5.41) is 17.6. The van der Waals surface area contributed by atoms with Crippen LogP contribution in [0.1, 0.15) is 262 Å². The quantitative estimate of drug-likeness (QED) is 0.0949. The zero-order valence-electron chi connectivity index (χ0n) is 84.4. The number of hydrogen-bond donors (Lipinski definition) is 2. The van der Waals surface area contributed by atoms with Crippen LogP contribution in [0.2, 0.25) is 0 Å². The van der Waals surface area contributed by atoms with E-state index in [1.807, 2.05) is 181 Å². The summed E-state index contributed by atoms with van der Waals surface area (Å²) in [6, 6.07) is 63.8. The number of pyridine rings is 3. The van der Waals surface area contributed by atoms with Crippen LogP contribution in [0.15, 0.2) is 315 Å². The number of hydrogen-bond acceptors (Lipinski definition) is 20. The van der Waals surface area contributed by atoms with Crippen LogP contribution in [-0.2, 0) is 9.31 Å². The fourth-order valence-electron chi connectivity index (χ4n) is 20.7. The van der Waals surface area contributed by atoms with E-state index in [1.54, 1.807) is 24.4 Å². The molecule has 0 unspecified atom stereocenters. The summed E-state index contributed by atoms with van der Waals surface area (Å²) in [7, 11) is 0.556. The molecular weight excluding hydrogens is 1900 g/mol. The van der Waals surface area contributed by atoms with Gasteiger partial charge in [-0.15, -0.1) is 0 Å². The van der Waals surface area contributed by atoms with E-state index in [0.717, 1.165) is 134 Å². The second-order valence-corrected chi connectivity index (χ2v) is 41.4. The highest BCUT2D eigenvalue weighted by Crippen LogP contribution is 2.43. The van der Waals surface area contributed by atoms with Crippen LogP contribution in [0, 0.1) is 27.7 Å². The molecule has 12 aromatic heterocycles. The van der Waals surface area contributed by atoms with E-state index in [9.17, 15) is 28.8 Å². The number of aromatic nitrogens is 6. The molecule has 749 valence electrons. The number of rotatable bonds is 10. The summed E-state index contributed by atoms with van der Waals surface area (Å²) >= 11 is 3.21. The van der Waals surface area contributed by atoms with Crippen LogP contribution in [-0.4, -0.2) is 72.3 Å². The van der Waals surface area contributed by atoms with Crippen LogP contribution in [0.3, 0.4) is 0 Å². The zero-order chi connectivity index (χ0) is 102. The minimum absolute atomic E-state index is 0.102. The molecule has 0 bridgehead atoms. The van der Waals surface area contributed by atoms with Crippen molar-refractivity contribution < 1.29 is 45.5 Å². The molecule has 25 rings (SSSR count). The van der Waals surface area contributed by atoms with E-state index in [0.29, 0.717) is 80.6 Å². The Morgan fingerprint density at radius 2 is 0.747 bits per heavy atom. The molecule has 5 aliphatic carbocycles. The van der Waals surface area contributed by atoms with E-state index in [2.05, 4.69) is 131 Å². The van der Waals surface area contributed by atoms with Gasteiger partial charge in [-0.2, -0.15) is 0 Å². The Morgan fingerprint density at radius 3 is 1.19 bits per heavy atom. The maximum atomic E-state index is 12.7. The average molecular weight is 2020 g/mol. The lowest BCUT2D eigenvalue weighted by Gasteiger charge is -2.32. The van der Waals surface area contributed by atoms with E-state index in [4.69, 9.17) is 45.5 Å². The third-order valence-electron chi connectivity index (χ3n) is 29.4. The van der Waals surface area contributed by atoms with Crippen LogP contribution < -0.4 is 43.7 Å². The molecule has 0 amide bonds. The molecule has 2 aliphatic heterocycles. The summed E-state index contributed by atoms with van der Waals surface area (Å²) in [4.78, 5) is 83.2. The standard InChI is InChI=1S/C23H22N2O2.C22H21N3O2.C15H15BrO2.C15H16O2.C15H14O2.C12H21BO2.C10H8O2.C8H8BN2O2/c1-15-13-25-14-19(9-10-22(25)24-15)20-11-18-8-7-17(12-21(18)27-23(20)26)16-5-3-2-4-6-16;1-14-12-25-13-18(4-5-21(25)24-14)19-10-17-3-2-16(11-20(17)27-22(19)26)15-6-8-23-9-7-15;16-13-8-12-7-6-11(9-14(12)18-15(13)17)10-4-2-1-3-5-10;2*16-15-9-8-12-6-7-13(10-14(12)17-15)11-4-2-1-3-5-11;1-11(2)12(3,4)15-13(14-11)10-8-6-5-7-9-10;1-7-2-3-8-4-5-10(11)12-9(8)6-7;1-6-4-11-5-7(13-9-12)2-3-8(11)10-6/h7-14,16H,2-6H2,1H3;2-5,10-13,15,23H,6-9H2,1H3;6-10H,1-5H2;6-11H,1-5H2;4,6-10H,1-3,5H2;8H,5-7,9H2,1-4H3;2-6H,1H3;2-5,12H,1H3. The Hall–Kier alpha value is -13.6. The van der Waals surface area contributed by atoms with Crippen molar-refractivity contribution in [3.63, 3.8) is 0 Å². The normalized spacial score (nSPS) is 16.5. The fraction of sp³-hybridized carbons (Fsp3) is 0.342. The van der Waals surface area contributed by atoms with Crippen molar-refractivity contribution in [3.05, 3.63) is 372 Å². The van der Waals surface area contributed by atoms with Gasteiger partial charge in [-0.1, -0.05) is 143 Å². The fourth-order valence-corrected chi connectivity index (χ4v) is 21.0. The number of benzene rings is 6. The van der Waals surface area contributed by atoms with Crippen molar-refractivity contribution in [1.29, 1.82) is 0 Å². The number of nitrogens with one attached hydrogen (secondary N) is 1. The minimum atomic E-state index is -0.304. The first kappa shape index (κ1) is 102. The van der Waals surface area contributed by atoms with Crippen LogP contribution in [0.25, 0.3) is 111 Å². The Morgan fingerprint density at radius 1 is 0.370 bits per heavy atom. The molecule has 2 N–H and O–H groups in total. The van der Waals surface area contributed by atoms with Crippen LogP contribution in [0.4, 0.5) is 0 Å². The maximum absolute atomic E-state index is 12.7. The monoisotopic (exact) mass is 2020 g/mol. The van der Waals surface area contributed by atoms with Gasteiger partial charge in [0.25, 0.3) is 0 Å². The van der Waals surface area contributed by atoms with Crippen molar-refractivity contribution in [2.24, 2.45) is 0 Å². The van der Waals surface area contributed by atoms with Gasteiger partial charge in [0.15, 0.2) is 0 Å². The van der Waals surface area contributed by atoms with Gasteiger partial charge in [0.05, 0.1) is 45.6 Å². The highest BCUT2D eigenvalue weighted by molar-refractivity contribution is 9.10. The molecule has 18 aromatic rings. The topological polar surface area (TPSA) is 293 Å². The van der Waals surface area contributed by atoms with Gasteiger partial charge in [-0.25, -0.2) is 43.7 Å². The molecule has 3 saturated carbocycles. The van der Waals surface area contributed by atoms with Crippen molar-refractivity contribution in [3.8, 4) is 28.0 Å². The first-order valence-electron chi connectivity index (χ1n) is 51.6. The SMILES string of the molecule is CC1(C)OB(C2=CCCCC2)OC1(C)C.Cc1ccc2ccc(=O)oc2c1.Cc1cn2cc(-c3cc4ccc(C5CCCCC5)cc4oc3=O)ccc2n1.Cc1cn2cc(-c3cc4ccc(C5CCNCC5)cc4oc3=O)ccc2n1.Cc1cn2cc(O[B]O)ccc2n1.O=c1ccc2ccc(C3=CCCCC3)cc2o1.O=c1ccc2ccc(C3CCCCC3)cc2o1.O=c1oc2cc(C3CCCCC3)ccc2cc1Br. The number of allylic oxidation sites excluding steroid dienone is 4. The third-order valence-corrected chi connectivity index (χ3v) is 29.9. The number of aryl methyl sites for hydroxylation is 4. The van der Waals surface area contributed by atoms with Crippen LogP contribution in [0.5, 0.6) is 5.75 Å². The second kappa shape index (κ2) is 46.8. The van der Waals surface area contributed by atoms with Gasteiger partial charge in [0.2, 0.25) is 0 Å². The Balaban J connectivity index is 0.000000111. The Bertz CT molecular complexity index is 7970. The van der Waals surface area contributed by atoms with Crippen molar-refractivity contribution in [1.82, 2.24) is 33.5 Å². The van der Waals surface area contributed by atoms with E-state index in [-0.39, 0.29) is 52.1 Å². The molecule has 26 heteroatoms. The average Bonchev–Trinajstić information content (AvgIpc) is 1.67. The van der Waals surface area contributed by atoms with Gasteiger partial charge >= 0.3 is 48.6 Å². The summed E-state index contributed by atoms with van der Waals surface area (Å²) in [5.74, 6) is 3.00. The predicted octanol–water partition coefficient (Wildman–Crippen LogP) is 27.3. The molecule has 14 heterocycles. The summed E-state index contributed by atoms with van der Waals surface area (Å²) in [6.07, 6.45) is 47.4. The van der Waals surface area contributed by atoms with Gasteiger partial charge < -0.3 is 64.0 Å². The van der Waals surface area contributed by atoms with Crippen molar-refractivity contribution in [2.75, 3.05) is 13.1 Å². The molecular formula is C120H125B2BrN7O16. The smallest absolute Gasteiger partial charge is 0.536 e. The molecule has 23 nitrogen and oxygen atoms in total. The Labute approximate surface area is 856 Å². The molecule has 5 fully saturated rings. The molecule has 0 atom stereocenters. The lowest BCUT2D eigenvalue weighted by molar-refractivity contribution is 0.00578. The lowest BCUT2D eigenvalue weighted by Crippen LogP contribution is -2.41. The molecule has 7 aliphatic rings. The van der Waals surface area contributed by atoms with Gasteiger partial charge in [0.1, 0.15) is 60.7 Å². The number of imidazole rings is 3. The number of fused-ring (bicyclic) bond motifs is 9. The Kier molecular flexibility index (Phi) is 32.8. The van der Waals surface area contributed by atoms with Crippen molar-refractivity contribution >= 4 is 119 Å². The third kappa shape index (κ3) is 25.5. The van der Waals surface area contributed by atoms with E-state index < -0.39 is 0 Å². The van der Waals surface area contributed by atoms with E-state index in [1.165, 1.54) is 185 Å². The predicted molar refractivity (Wildman–Crippen MR) is 585 cm³/mol. The highest BCUT2D eigenvalue weighted by Gasteiger charge is 2.52. The molecule has 2 saturated heterocycles. The first-order chi connectivity index (χ1) is 70.7. The van der Waals surface area contributed by atoms with Gasteiger partial charge in [-0.3, -0.25) is 0 Å². The second-order valence-electron chi connectivity index (χ2n) is 40.5. The molecule has 6 aromatic carbocycles. The number of nitrogens with zero attached hydrogens (tertiary/aromatic N) is 6. The van der Waals surface area contributed by atoms with Crippen molar-refractivity contribution in [2.45, 2.75) is 251 Å². The summed E-state index contributed by atoms with van der Waals surface area (Å²) in [5.41, 5.74) is 20.5. The minimum Gasteiger partial charge on any atom is -0.536 e. The summed E-state index contributed by atoms with van der Waals surface area (Å²) in [6.45, 7) is 18.3. The maximum Gasteiger partial charge on any atom is 0.569 e. The molecule has 0 spiro atoms. The highest BCUT2D eigenvalue weighted by atomic mass is 79.9. The number of halogens is 1. The van der Waals surface area contributed by atoms with Gasteiger partial charge in [0, 0.05) is 92.6 Å². The van der Waals surface area contributed by atoms with E-state index >= 15 is 0 Å². The zero-order valence-corrected chi connectivity index (χ0v) is 85.9. The first-order valence-corrected chi connectivity index (χ1v) is 52.4. The van der Waals surface area contributed by atoms with Crippen LogP contribution >= 0.6 is 15.9 Å². The van der Waals surface area contributed by atoms with Gasteiger partial charge in [-0.05, 0) is 364 Å². The number of piperidine rings is 1. The lowest BCUT2D eigenvalue weighted by atomic mass is 9.73.